The van der Waals surface area contributed by atoms with E-state index in [1.807, 2.05) is 22.7 Å². The summed E-state index contributed by atoms with van der Waals surface area (Å²) in [5.74, 6) is 0. The molecule has 0 aliphatic heterocycles. The molecule has 0 aromatic carbocycles. The Morgan fingerprint density at radius 2 is 2.20 bits per heavy atom. The lowest BCUT2D eigenvalue weighted by Crippen LogP contribution is -2.31. The highest BCUT2D eigenvalue weighted by Gasteiger charge is 2.10. The first-order valence-electron chi connectivity index (χ1n) is 7.26. The second-order valence-corrected chi connectivity index (χ2v) is 8.00. The number of hydrogen-bond donors (Lipinski definition) is 1. The molecule has 1 N–H and O–H groups in total. The van der Waals surface area contributed by atoms with E-state index in [0.717, 1.165) is 13.0 Å². The molecule has 4 heteroatoms. The van der Waals surface area contributed by atoms with E-state index >= 15 is 0 Å². The lowest BCUT2D eigenvalue weighted by Gasteiger charge is -2.17. The molecule has 2 aromatic rings. The summed E-state index contributed by atoms with van der Waals surface area (Å²) < 4.78 is 1.21. The molecule has 0 spiro atoms. The third-order valence-corrected chi connectivity index (χ3v) is 5.96. The maximum atomic E-state index is 3.70. The zero-order valence-electron chi connectivity index (χ0n) is 11.9. The van der Waals surface area contributed by atoms with Crippen LogP contribution in [0.5, 0.6) is 0 Å². The minimum Gasteiger partial charge on any atom is -0.314 e. The summed E-state index contributed by atoms with van der Waals surface area (Å²) in [5.41, 5.74) is 0. The van der Waals surface area contributed by atoms with Gasteiger partial charge in [-0.25, -0.2) is 0 Å². The Kier molecular flexibility index (Phi) is 7.28. The summed E-state index contributed by atoms with van der Waals surface area (Å²) in [6.45, 7) is 3.35. The Balaban J connectivity index is 1.79. The van der Waals surface area contributed by atoms with Gasteiger partial charge in [-0.15, -0.1) is 22.7 Å². The minimum atomic E-state index is 0.612. The molecular formula is C16H22BrNS2. The van der Waals surface area contributed by atoms with Gasteiger partial charge in [0.05, 0.1) is 0 Å². The molecule has 1 nitrogen and oxygen atoms in total. The van der Waals surface area contributed by atoms with Gasteiger partial charge in [0.25, 0.3) is 0 Å². The fourth-order valence-electron chi connectivity index (χ4n) is 2.31. The van der Waals surface area contributed by atoms with Gasteiger partial charge in [0.2, 0.25) is 0 Å². The van der Waals surface area contributed by atoms with Gasteiger partial charge >= 0.3 is 0 Å². The standard InChI is InChI=1S/C16H22BrNS2/c1-2-8-18-14(11-16-10-13(17)12-20-16)5-3-6-15-7-4-9-19-15/h4,7,9-10,12,14,18H,2-3,5-6,8,11H2,1H3. The highest BCUT2D eigenvalue weighted by atomic mass is 79.9. The molecule has 0 aliphatic rings. The third-order valence-electron chi connectivity index (χ3n) is 3.31. The molecule has 0 aliphatic carbocycles. The van der Waals surface area contributed by atoms with Crippen molar-refractivity contribution in [3.05, 3.63) is 43.2 Å². The molecular weight excluding hydrogens is 350 g/mol. The molecule has 20 heavy (non-hydrogen) atoms. The van der Waals surface area contributed by atoms with E-state index in [1.165, 1.54) is 39.9 Å². The van der Waals surface area contributed by atoms with E-state index in [1.54, 1.807) is 0 Å². The highest BCUT2D eigenvalue weighted by Crippen LogP contribution is 2.22. The van der Waals surface area contributed by atoms with Crippen LogP contribution < -0.4 is 5.32 Å². The van der Waals surface area contributed by atoms with Gasteiger partial charge in [-0.05, 0) is 72.1 Å². The van der Waals surface area contributed by atoms with Crippen molar-refractivity contribution in [3.8, 4) is 0 Å². The van der Waals surface area contributed by atoms with Crippen molar-refractivity contribution in [1.82, 2.24) is 5.32 Å². The molecule has 0 saturated carbocycles. The number of rotatable bonds is 9. The van der Waals surface area contributed by atoms with E-state index < -0.39 is 0 Å². The van der Waals surface area contributed by atoms with Crippen LogP contribution in [-0.4, -0.2) is 12.6 Å². The zero-order valence-corrected chi connectivity index (χ0v) is 15.1. The molecule has 0 saturated heterocycles. The van der Waals surface area contributed by atoms with Crippen LogP contribution in [0.1, 0.15) is 35.9 Å². The fourth-order valence-corrected chi connectivity index (χ4v) is 4.59. The minimum absolute atomic E-state index is 0.612. The first-order chi connectivity index (χ1) is 9.78. The first-order valence-corrected chi connectivity index (χ1v) is 9.82. The lowest BCUT2D eigenvalue weighted by molar-refractivity contribution is 0.467. The van der Waals surface area contributed by atoms with Crippen LogP contribution in [0.3, 0.4) is 0 Å². The smallest absolute Gasteiger partial charge is 0.0285 e. The summed E-state index contributed by atoms with van der Waals surface area (Å²) in [5, 5.41) is 8.05. The molecule has 110 valence electrons. The molecule has 0 amide bonds. The van der Waals surface area contributed by atoms with Crippen LogP contribution in [-0.2, 0) is 12.8 Å². The number of nitrogens with one attached hydrogen (secondary N) is 1. The number of aryl methyl sites for hydroxylation is 1. The van der Waals surface area contributed by atoms with E-state index in [9.17, 15) is 0 Å². The molecule has 2 aromatic heterocycles. The molecule has 2 rings (SSSR count). The summed E-state index contributed by atoms with van der Waals surface area (Å²) >= 11 is 7.28. The SMILES string of the molecule is CCCNC(CCCc1cccs1)Cc1cc(Br)cs1. The van der Waals surface area contributed by atoms with Gasteiger partial charge in [-0.3, -0.25) is 0 Å². The van der Waals surface area contributed by atoms with E-state index in [0.29, 0.717) is 6.04 Å². The Bertz CT molecular complexity index is 478. The van der Waals surface area contributed by atoms with Gasteiger partial charge in [-0.2, -0.15) is 0 Å². The van der Waals surface area contributed by atoms with Gasteiger partial charge in [0.1, 0.15) is 0 Å². The maximum Gasteiger partial charge on any atom is 0.0285 e. The average Bonchev–Trinajstić information content (AvgIpc) is 3.08. The monoisotopic (exact) mass is 371 g/mol. The third kappa shape index (κ3) is 5.68. The molecule has 0 radical (unpaired) electrons. The fraction of sp³-hybridized carbons (Fsp3) is 0.500. The van der Waals surface area contributed by atoms with E-state index in [-0.39, 0.29) is 0 Å². The van der Waals surface area contributed by atoms with E-state index in [4.69, 9.17) is 0 Å². The van der Waals surface area contributed by atoms with E-state index in [2.05, 4.69) is 57.1 Å². The summed E-state index contributed by atoms with van der Waals surface area (Å²) in [6, 6.07) is 7.26. The van der Waals surface area contributed by atoms with Crippen LogP contribution >= 0.6 is 38.6 Å². The van der Waals surface area contributed by atoms with Crippen LogP contribution in [0.2, 0.25) is 0 Å². The van der Waals surface area contributed by atoms with Crippen molar-refractivity contribution in [2.75, 3.05) is 6.54 Å². The zero-order chi connectivity index (χ0) is 14.2. The van der Waals surface area contributed by atoms with Gasteiger partial charge in [0.15, 0.2) is 0 Å². The number of hydrogen-bond acceptors (Lipinski definition) is 3. The van der Waals surface area contributed by atoms with Crippen molar-refractivity contribution in [2.24, 2.45) is 0 Å². The number of thiophene rings is 2. The van der Waals surface area contributed by atoms with Crippen LogP contribution in [0.25, 0.3) is 0 Å². The van der Waals surface area contributed by atoms with Gasteiger partial charge in [-0.1, -0.05) is 13.0 Å². The number of halogens is 1. The Morgan fingerprint density at radius 3 is 2.85 bits per heavy atom. The molecule has 2 heterocycles. The summed E-state index contributed by atoms with van der Waals surface area (Å²) in [4.78, 5) is 2.99. The Hall–Kier alpha value is -0.160. The average molecular weight is 372 g/mol. The first kappa shape index (κ1) is 16.2. The summed E-state index contributed by atoms with van der Waals surface area (Å²) in [7, 11) is 0. The van der Waals surface area contributed by atoms with Crippen molar-refractivity contribution < 1.29 is 0 Å². The highest BCUT2D eigenvalue weighted by molar-refractivity contribution is 9.10. The predicted molar refractivity (Wildman–Crippen MR) is 95.1 cm³/mol. The topological polar surface area (TPSA) is 12.0 Å². The van der Waals surface area contributed by atoms with Crippen molar-refractivity contribution in [2.45, 2.75) is 45.1 Å². The second kappa shape index (κ2) is 8.98. The lowest BCUT2D eigenvalue weighted by atomic mass is 10.0. The normalized spacial score (nSPS) is 12.7. The second-order valence-electron chi connectivity index (χ2n) is 5.06. The quantitative estimate of drug-likeness (QED) is 0.612. The Labute approximate surface area is 138 Å². The molecule has 1 unspecified atom stereocenters. The maximum absolute atomic E-state index is 3.70. The van der Waals surface area contributed by atoms with Gasteiger partial charge < -0.3 is 5.32 Å². The van der Waals surface area contributed by atoms with Crippen molar-refractivity contribution >= 4 is 38.6 Å². The summed E-state index contributed by atoms with van der Waals surface area (Å²) in [6.07, 6.45) is 6.11. The van der Waals surface area contributed by atoms with Gasteiger partial charge in [0, 0.05) is 25.6 Å². The van der Waals surface area contributed by atoms with Crippen LogP contribution in [0.15, 0.2) is 33.4 Å². The largest absolute Gasteiger partial charge is 0.314 e. The van der Waals surface area contributed by atoms with Crippen molar-refractivity contribution in [1.29, 1.82) is 0 Å². The molecule has 1 atom stereocenters. The van der Waals surface area contributed by atoms with Crippen LogP contribution in [0, 0.1) is 0 Å². The van der Waals surface area contributed by atoms with Crippen LogP contribution in [0.4, 0.5) is 0 Å². The Morgan fingerprint density at radius 1 is 1.30 bits per heavy atom. The van der Waals surface area contributed by atoms with Crippen molar-refractivity contribution in [3.63, 3.8) is 0 Å². The predicted octanol–water partition coefficient (Wildman–Crippen LogP) is 5.51. The molecule has 0 bridgehead atoms. The molecule has 0 fully saturated rings.